The van der Waals surface area contributed by atoms with Crippen LogP contribution in [0.1, 0.15) is 36.5 Å². The van der Waals surface area contributed by atoms with Crippen LogP contribution in [0.4, 0.5) is 0 Å². The van der Waals surface area contributed by atoms with Crippen LogP contribution in [-0.2, 0) is 0 Å². The van der Waals surface area contributed by atoms with Crippen LogP contribution < -0.4 is 9.47 Å². The van der Waals surface area contributed by atoms with Crippen molar-refractivity contribution < 1.29 is 14.3 Å². The van der Waals surface area contributed by atoms with E-state index in [1.807, 2.05) is 23.1 Å². The van der Waals surface area contributed by atoms with E-state index in [0.717, 1.165) is 30.7 Å². The molecule has 1 aliphatic carbocycles. The van der Waals surface area contributed by atoms with Gasteiger partial charge in [-0.25, -0.2) is 0 Å². The van der Waals surface area contributed by atoms with Crippen molar-refractivity contribution in [1.29, 1.82) is 0 Å². The van der Waals surface area contributed by atoms with Crippen LogP contribution in [0.3, 0.4) is 0 Å². The van der Waals surface area contributed by atoms with Gasteiger partial charge in [-0.3, -0.25) is 4.79 Å². The minimum atomic E-state index is 0.136. The highest BCUT2D eigenvalue weighted by molar-refractivity contribution is 5.95. The van der Waals surface area contributed by atoms with Crippen molar-refractivity contribution in [1.82, 2.24) is 4.90 Å². The predicted octanol–water partition coefficient (Wildman–Crippen LogP) is 2.92. The Labute approximate surface area is 125 Å². The highest BCUT2D eigenvalue weighted by atomic mass is 16.7. The van der Waals surface area contributed by atoms with Gasteiger partial charge in [0, 0.05) is 18.7 Å². The summed E-state index contributed by atoms with van der Waals surface area (Å²) >= 11 is 0. The molecule has 1 amide bonds. The molecule has 0 bridgehead atoms. The first kappa shape index (κ1) is 13.0. The lowest BCUT2D eigenvalue weighted by molar-refractivity contribution is -0.00215. The number of nitrogens with zero attached hydrogens (tertiary/aromatic N) is 1. The van der Waals surface area contributed by atoms with Gasteiger partial charge >= 0.3 is 0 Å². The third-order valence-corrected chi connectivity index (χ3v) is 5.42. The summed E-state index contributed by atoms with van der Waals surface area (Å²) in [5, 5.41) is 0. The molecule has 21 heavy (non-hydrogen) atoms. The Balaban J connectivity index is 1.54. The molecule has 4 rings (SSSR count). The summed E-state index contributed by atoms with van der Waals surface area (Å²) < 4.78 is 10.7. The second kappa shape index (κ2) is 4.93. The molecular weight excluding hydrogens is 266 g/mol. The normalized spacial score (nSPS) is 29.8. The SMILES string of the molecule is CCC1CN(C(=O)c2ccc3c(c2)OCO3)CC2CCC12. The zero-order chi connectivity index (χ0) is 14.4. The van der Waals surface area contributed by atoms with E-state index >= 15 is 0 Å². The highest BCUT2D eigenvalue weighted by Gasteiger charge is 2.42. The minimum absolute atomic E-state index is 0.136. The Hall–Kier alpha value is -1.71. The standard InChI is InChI=1S/C17H21NO3/c1-2-11-8-18(9-13-3-5-14(11)13)17(19)12-4-6-15-16(7-12)21-10-20-15/h4,6-7,11,13-14H,2-3,5,8-10H2,1H3. The number of carbonyl (C=O) groups excluding carboxylic acids is 1. The van der Waals surface area contributed by atoms with Crippen LogP contribution in [0.2, 0.25) is 0 Å². The van der Waals surface area contributed by atoms with E-state index in [9.17, 15) is 4.79 Å². The quantitative estimate of drug-likeness (QED) is 0.839. The summed E-state index contributed by atoms with van der Waals surface area (Å²) in [5.74, 6) is 3.81. The summed E-state index contributed by atoms with van der Waals surface area (Å²) in [6, 6.07) is 5.51. The van der Waals surface area contributed by atoms with Crippen LogP contribution in [0, 0.1) is 17.8 Å². The van der Waals surface area contributed by atoms with Gasteiger partial charge in [0.15, 0.2) is 11.5 Å². The van der Waals surface area contributed by atoms with Crippen LogP contribution >= 0.6 is 0 Å². The number of ether oxygens (including phenoxy) is 2. The van der Waals surface area contributed by atoms with Gasteiger partial charge in [0.1, 0.15) is 0 Å². The Morgan fingerprint density at radius 3 is 2.86 bits per heavy atom. The van der Waals surface area contributed by atoms with Gasteiger partial charge in [-0.1, -0.05) is 13.3 Å². The maximum Gasteiger partial charge on any atom is 0.254 e. The molecule has 0 aromatic heterocycles. The number of piperidine rings is 1. The lowest BCUT2D eigenvalue weighted by Gasteiger charge is -2.50. The zero-order valence-electron chi connectivity index (χ0n) is 12.4. The van der Waals surface area contributed by atoms with Crippen molar-refractivity contribution in [3.05, 3.63) is 23.8 Å². The van der Waals surface area contributed by atoms with Crippen molar-refractivity contribution in [3.8, 4) is 11.5 Å². The number of hydrogen-bond acceptors (Lipinski definition) is 3. The van der Waals surface area contributed by atoms with E-state index in [1.165, 1.54) is 19.3 Å². The average Bonchev–Trinajstić information content (AvgIpc) is 2.94. The maximum absolute atomic E-state index is 12.8. The lowest BCUT2D eigenvalue weighted by Crippen LogP contribution is -2.52. The Morgan fingerprint density at radius 2 is 2.10 bits per heavy atom. The summed E-state index contributed by atoms with van der Waals surface area (Å²) in [5.41, 5.74) is 0.715. The molecule has 4 nitrogen and oxygen atoms in total. The molecule has 0 spiro atoms. The summed E-state index contributed by atoms with van der Waals surface area (Å²) in [6.45, 7) is 4.33. The van der Waals surface area contributed by atoms with E-state index in [1.54, 1.807) is 0 Å². The molecule has 112 valence electrons. The predicted molar refractivity (Wildman–Crippen MR) is 78.5 cm³/mol. The third kappa shape index (κ3) is 2.08. The number of hydrogen-bond donors (Lipinski definition) is 0. The molecule has 3 aliphatic rings. The number of carbonyl (C=O) groups is 1. The van der Waals surface area contributed by atoms with Crippen LogP contribution in [0.25, 0.3) is 0 Å². The Bertz CT molecular complexity index is 571. The van der Waals surface area contributed by atoms with Gasteiger partial charge in [-0.2, -0.15) is 0 Å². The van der Waals surface area contributed by atoms with E-state index in [0.29, 0.717) is 17.2 Å². The molecular formula is C17H21NO3. The number of fused-ring (bicyclic) bond motifs is 2. The molecule has 1 saturated carbocycles. The molecule has 2 aliphatic heterocycles. The highest BCUT2D eigenvalue weighted by Crippen LogP contribution is 2.45. The van der Waals surface area contributed by atoms with Crippen molar-refractivity contribution in [2.75, 3.05) is 19.9 Å². The Kier molecular flexibility index (Phi) is 3.05. The fourth-order valence-corrected chi connectivity index (χ4v) is 4.03. The average molecular weight is 287 g/mol. The van der Waals surface area contributed by atoms with Gasteiger partial charge in [0.05, 0.1) is 0 Å². The molecule has 2 fully saturated rings. The third-order valence-electron chi connectivity index (χ3n) is 5.42. The molecule has 1 aromatic carbocycles. The Morgan fingerprint density at radius 1 is 1.24 bits per heavy atom. The van der Waals surface area contributed by atoms with Crippen LogP contribution in [0.5, 0.6) is 11.5 Å². The first-order chi connectivity index (χ1) is 10.3. The molecule has 0 N–H and O–H groups in total. The van der Waals surface area contributed by atoms with Crippen molar-refractivity contribution in [2.45, 2.75) is 26.2 Å². The monoisotopic (exact) mass is 287 g/mol. The van der Waals surface area contributed by atoms with Gasteiger partial charge in [-0.05, 0) is 48.8 Å². The van der Waals surface area contributed by atoms with Gasteiger partial charge in [0.2, 0.25) is 6.79 Å². The fourth-order valence-electron chi connectivity index (χ4n) is 4.03. The molecule has 3 atom stereocenters. The number of likely N-dealkylation sites (tertiary alicyclic amines) is 1. The second-order valence-electron chi connectivity index (χ2n) is 6.45. The molecule has 4 heteroatoms. The van der Waals surface area contributed by atoms with Crippen LogP contribution in [-0.4, -0.2) is 30.7 Å². The summed E-state index contributed by atoms with van der Waals surface area (Å²) in [4.78, 5) is 14.8. The smallest absolute Gasteiger partial charge is 0.254 e. The van der Waals surface area contributed by atoms with Crippen molar-refractivity contribution in [2.24, 2.45) is 17.8 Å². The van der Waals surface area contributed by atoms with Gasteiger partial charge in [-0.15, -0.1) is 0 Å². The molecule has 3 unspecified atom stereocenters. The van der Waals surface area contributed by atoms with Gasteiger partial charge in [0.25, 0.3) is 5.91 Å². The van der Waals surface area contributed by atoms with E-state index in [-0.39, 0.29) is 12.7 Å². The number of rotatable bonds is 2. The fraction of sp³-hybridized carbons (Fsp3) is 0.588. The molecule has 0 radical (unpaired) electrons. The molecule has 1 saturated heterocycles. The van der Waals surface area contributed by atoms with Crippen molar-refractivity contribution in [3.63, 3.8) is 0 Å². The second-order valence-corrected chi connectivity index (χ2v) is 6.45. The number of benzene rings is 1. The first-order valence-corrected chi connectivity index (χ1v) is 7.95. The van der Waals surface area contributed by atoms with Crippen LogP contribution in [0.15, 0.2) is 18.2 Å². The first-order valence-electron chi connectivity index (χ1n) is 7.95. The number of amides is 1. The zero-order valence-corrected chi connectivity index (χ0v) is 12.4. The van der Waals surface area contributed by atoms with E-state index in [2.05, 4.69) is 6.92 Å². The summed E-state index contributed by atoms with van der Waals surface area (Å²) in [7, 11) is 0. The molecule has 2 heterocycles. The van der Waals surface area contributed by atoms with Gasteiger partial charge < -0.3 is 14.4 Å². The van der Waals surface area contributed by atoms with E-state index < -0.39 is 0 Å². The van der Waals surface area contributed by atoms with E-state index in [4.69, 9.17) is 9.47 Å². The lowest BCUT2D eigenvalue weighted by atomic mass is 9.64. The van der Waals surface area contributed by atoms with Crippen molar-refractivity contribution >= 4 is 5.91 Å². The largest absolute Gasteiger partial charge is 0.454 e. The topological polar surface area (TPSA) is 38.8 Å². The maximum atomic E-state index is 12.8. The summed E-state index contributed by atoms with van der Waals surface area (Å²) in [6.07, 6.45) is 3.81. The minimum Gasteiger partial charge on any atom is -0.454 e. The molecule has 1 aromatic rings.